The minimum Gasteiger partial charge on any atom is -0.311 e. The van der Waals surface area contributed by atoms with Gasteiger partial charge in [0.15, 0.2) is 0 Å². The fourth-order valence-electron chi connectivity index (χ4n) is 2.98. The first kappa shape index (κ1) is 18.1. The highest BCUT2D eigenvalue weighted by molar-refractivity contribution is 7.88. The van der Waals surface area contributed by atoms with Crippen LogP contribution in [-0.4, -0.2) is 42.9 Å². The van der Waals surface area contributed by atoms with Crippen LogP contribution in [0.25, 0.3) is 10.9 Å². The van der Waals surface area contributed by atoms with Gasteiger partial charge in [0.2, 0.25) is 10.0 Å². The van der Waals surface area contributed by atoms with Crippen molar-refractivity contribution in [2.24, 2.45) is 0 Å². The van der Waals surface area contributed by atoms with Crippen molar-refractivity contribution in [2.45, 2.75) is 31.7 Å². The summed E-state index contributed by atoms with van der Waals surface area (Å²) in [4.78, 5) is 4.35. The zero-order valence-electron chi connectivity index (χ0n) is 13.3. The monoisotopic (exact) mass is 355 g/mol. The molecule has 126 valence electrons. The molecule has 1 aliphatic rings. The Hall–Kier alpha value is -1.21. The standard InChI is InChI=1S/C16H21N3O2S.ClH/c1-12-13(2)19(10-9-17-12)22(20,21)11-15-6-3-5-14-7-4-8-18-16(14)15;/h3-8,12-13,17H,9-11H2,1-2H3;1H. The number of hydrogen-bond acceptors (Lipinski definition) is 4. The van der Waals surface area contributed by atoms with Crippen LogP contribution < -0.4 is 5.32 Å². The van der Waals surface area contributed by atoms with Gasteiger partial charge in [0, 0.05) is 36.8 Å². The zero-order valence-corrected chi connectivity index (χ0v) is 14.9. The van der Waals surface area contributed by atoms with Crippen molar-refractivity contribution in [1.82, 2.24) is 14.6 Å². The van der Waals surface area contributed by atoms with Crippen molar-refractivity contribution in [2.75, 3.05) is 13.1 Å². The number of nitrogens with zero attached hydrogens (tertiary/aromatic N) is 2. The number of aromatic nitrogens is 1. The first-order valence-corrected chi connectivity index (χ1v) is 9.15. The minimum atomic E-state index is -3.36. The lowest BCUT2D eigenvalue weighted by Gasteiger charge is -2.37. The van der Waals surface area contributed by atoms with E-state index in [9.17, 15) is 8.42 Å². The molecule has 0 radical (unpaired) electrons. The van der Waals surface area contributed by atoms with E-state index < -0.39 is 10.0 Å². The smallest absolute Gasteiger partial charge is 0.218 e. The van der Waals surface area contributed by atoms with E-state index in [2.05, 4.69) is 10.3 Å². The highest BCUT2D eigenvalue weighted by Crippen LogP contribution is 2.22. The summed E-state index contributed by atoms with van der Waals surface area (Å²) < 4.78 is 27.3. The summed E-state index contributed by atoms with van der Waals surface area (Å²) in [6.07, 6.45) is 1.70. The van der Waals surface area contributed by atoms with Gasteiger partial charge in [0.25, 0.3) is 0 Å². The summed E-state index contributed by atoms with van der Waals surface area (Å²) in [5, 5.41) is 4.28. The van der Waals surface area contributed by atoms with E-state index in [0.717, 1.165) is 16.5 Å². The molecule has 23 heavy (non-hydrogen) atoms. The Bertz CT molecular complexity index is 776. The summed E-state index contributed by atoms with van der Waals surface area (Å²) in [5.41, 5.74) is 1.53. The van der Waals surface area contributed by atoms with Crippen LogP contribution in [-0.2, 0) is 15.8 Å². The molecule has 1 N–H and O–H groups in total. The van der Waals surface area contributed by atoms with Crippen LogP contribution in [0, 0.1) is 0 Å². The molecule has 0 amide bonds. The second-order valence-electron chi connectivity index (χ2n) is 5.84. The van der Waals surface area contributed by atoms with Gasteiger partial charge < -0.3 is 5.32 Å². The SMILES string of the molecule is CC1NCCN(S(=O)(=O)Cc2cccc3cccnc23)C1C.Cl. The van der Waals surface area contributed by atoms with Crippen LogP contribution in [0.4, 0.5) is 0 Å². The number of halogens is 1. The second kappa shape index (κ2) is 7.13. The predicted octanol–water partition coefficient (Wildman–Crippen LogP) is 2.17. The van der Waals surface area contributed by atoms with Crippen molar-refractivity contribution < 1.29 is 8.42 Å². The number of rotatable bonds is 3. The number of pyridine rings is 1. The quantitative estimate of drug-likeness (QED) is 0.916. The summed E-state index contributed by atoms with van der Waals surface area (Å²) in [7, 11) is -3.36. The van der Waals surface area contributed by atoms with Crippen LogP contribution in [0.2, 0.25) is 0 Å². The van der Waals surface area contributed by atoms with Gasteiger partial charge in [0.1, 0.15) is 0 Å². The van der Waals surface area contributed by atoms with Gasteiger partial charge in [-0.1, -0.05) is 24.3 Å². The average Bonchev–Trinajstić information content (AvgIpc) is 2.50. The minimum absolute atomic E-state index is 0. The maximum absolute atomic E-state index is 12.8. The Morgan fingerprint density at radius 1 is 1.26 bits per heavy atom. The number of sulfonamides is 1. The van der Waals surface area contributed by atoms with Crippen molar-refractivity contribution in [3.8, 4) is 0 Å². The van der Waals surface area contributed by atoms with Crippen LogP contribution >= 0.6 is 12.4 Å². The van der Waals surface area contributed by atoms with E-state index in [1.54, 1.807) is 10.5 Å². The molecule has 0 bridgehead atoms. The molecular formula is C16H22ClN3O2S. The van der Waals surface area contributed by atoms with E-state index in [1.165, 1.54) is 0 Å². The van der Waals surface area contributed by atoms with Gasteiger partial charge >= 0.3 is 0 Å². The maximum Gasteiger partial charge on any atom is 0.218 e. The van der Waals surface area contributed by atoms with Crippen LogP contribution in [0.1, 0.15) is 19.4 Å². The van der Waals surface area contributed by atoms with Gasteiger partial charge in [-0.2, -0.15) is 4.31 Å². The van der Waals surface area contributed by atoms with E-state index in [1.807, 2.05) is 44.2 Å². The Kier molecular flexibility index (Phi) is 5.62. The Morgan fingerprint density at radius 2 is 2.00 bits per heavy atom. The van der Waals surface area contributed by atoms with Crippen LogP contribution in [0.3, 0.4) is 0 Å². The Balaban J connectivity index is 0.00000192. The molecule has 2 heterocycles. The van der Waals surface area contributed by atoms with Gasteiger partial charge in [0.05, 0.1) is 11.3 Å². The number of para-hydroxylation sites is 1. The van der Waals surface area contributed by atoms with Crippen molar-refractivity contribution >= 4 is 33.3 Å². The lowest BCUT2D eigenvalue weighted by Crippen LogP contribution is -2.57. The molecule has 1 aromatic carbocycles. The number of piperazine rings is 1. The molecule has 1 saturated heterocycles. The summed E-state index contributed by atoms with van der Waals surface area (Å²) >= 11 is 0. The number of fused-ring (bicyclic) bond motifs is 1. The molecule has 2 aromatic rings. The topological polar surface area (TPSA) is 62.3 Å². The van der Waals surface area contributed by atoms with Crippen molar-refractivity contribution in [3.05, 3.63) is 42.1 Å². The lowest BCUT2D eigenvalue weighted by atomic mass is 10.1. The molecule has 1 fully saturated rings. The third kappa shape index (κ3) is 3.66. The van der Waals surface area contributed by atoms with E-state index in [4.69, 9.17) is 0 Å². The molecular weight excluding hydrogens is 334 g/mol. The van der Waals surface area contributed by atoms with Crippen molar-refractivity contribution in [1.29, 1.82) is 0 Å². The fraction of sp³-hybridized carbons (Fsp3) is 0.438. The number of nitrogens with one attached hydrogen (secondary N) is 1. The van der Waals surface area contributed by atoms with Gasteiger partial charge in [-0.3, -0.25) is 4.98 Å². The second-order valence-corrected chi connectivity index (χ2v) is 7.76. The Labute approximate surface area is 143 Å². The molecule has 0 spiro atoms. The first-order chi connectivity index (χ1) is 10.5. The lowest BCUT2D eigenvalue weighted by molar-refractivity contribution is 0.232. The molecule has 1 aromatic heterocycles. The molecule has 2 unspecified atom stereocenters. The van der Waals surface area contributed by atoms with Crippen LogP contribution in [0.15, 0.2) is 36.5 Å². The fourth-order valence-corrected chi connectivity index (χ4v) is 4.83. The molecule has 3 rings (SSSR count). The molecule has 5 nitrogen and oxygen atoms in total. The molecule has 0 aliphatic carbocycles. The average molecular weight is 356 g/mol. The summed E-state index contributed by atoms with van der Waals surface area (Å²) in [5.74, 6) is -0.00157. The Morgan fingerprint density at radius 3 is 2.78 bits per heavy atom. The van der Waals surface area contributed by atoms with E-state index >= 15 is 0 Å². The third-order valence-corrected chi connectivity index (χ3v) is 6.29. The van der Waals surface area contributed by atoms with Gasteiger partial charge in [-0.15, -0.1) is 12.4 Å². The van der Waals surface area contributed by atoms with Gasteiger partial charge in [-0.05, 0) is 25.5 Å². The van der Waals surface area contributed by atoms with Gasteiger partial charge in [-0.25, -0.2) is 8.42 Å². The summed E-state index contributed by atoms with van der Waals surface area (Å²) in [6.45, 7) is 5.19. The molecule has 7 heteroatoms. The van der Waals surface area contributed by atoms with Crippen molar-refractivity contribution in [3.63, 3.8) is 0 Å². The largest absolute Gasteiger partial charge is 0.311 e. The number of hydrogen-bond donors (Lipinski definition) is 1. The molecule has 2 atom stereocenters. The molecule has 0 saturated carbocycles. The van der Waals surface area contributed by atoms with E-state index in [-0.39, 0.29) is 30.2 Å². The first-order valence-electron chi connectivity index (χ1n) is 7.54. The predicted molar refractivity (Wildman–Crippen MR) is 95.2 cm³/mol. The number of benzene rings is 1. The molecule has 1 aliphatic heterocycles. The summed E-state index contributed by atoms with van der Waals surface area (Å²) in [6, 6.07) is 9.63. The highest BCUT2D eigenvalue weighted by Gasteiger charge is 2.33. The normalized spacial score (nSPS) is 22.7. The third-order valence-electron chi connectivity index (χ3n) is 4.39. The van der Waals surface area contributed by atoms with E-state index in [0.29, 0.717) is 13.1 Å². The van der Waals surface area contributed by atoms with Crippen LogP contribution in [0.5, 0.6) is 0 Å². The zero-order chi connectivity index (χ0) is 15.7. The highest BCUT2D eigenvalue weighted by atomic mass is 35.5. The maximum atomic E-state index is 12.8.